The number of hydrogen-bond acceptors (Lipinski definition) is 3. The molecule has 0 fully saturated rings. The monoisotopic (exact) mass is 287 g/mol. The third-order valence-electron chi connectivity index (χ3n) is 3.28. The molecule has 112 valence electrons. The highest BCUT2D eigenvalue weighted by Crippen LogP contribution is 2.22. The normalized spacial score (nSPS) is 12.4. The van der Waals surface area contributed by atoms with E-state index in [0.717, 1.165) is 24.3 Å². The van der Waals surface area contributed by atoms with Crippen LogP contribution < -0.4 is 5.32 Å². The molecular formula is C17H22FN3. The minimum absolute atomic E-state index is 0.0835. The van der Waals surface area contributed by atoms with Gasteiger partial charge >= 0.3 is 0 Å². The lowest BCUT2D eigenvalue weighted by Gasteiger charge is -2.19. The van der Waals surface area contributed by atoms with Crippen LogP contribution in [-0.2, 0) is 6.54 Å². The largest absolute Gasteiger partial charge is 0.377 e. The van der Waals surface area contributed by atoms with E-state index in [1.54, 1.807) is 6.07 Å². The summed E-state index contributed by atoms with van der Waals surface area (Å²) in [7, 11) is 4.11. The first kappa shape index (κ1) is 15.4. The molecule has 0 aliphatic rings. The zero-order chi connectivity index (χ0) is 15.2. The van der Waals surface area contributed by atoms with Gasteiger partial charge in [-0.15, -0.1) is 0 Å². The van der Waals surface area contributed by atoms with E-state index in [0.29, 0.717) is 0 Å². The summed E-state index contributed by atoms with van der Waals surface area (Å²) in [6, 6.07) is 11.6. The average molecular weight is 287 g/mol. The van der Waals surface area contributed by atoms with Gasteiger partial charge in [0.15, 0.2) is 0 Å². The van der Waals surface area contributed by atoms with Crippen molar-refractivity contribution in [2.24, 2.45) is 0 Å². The zero-order valence-corrected chi connectivity index (χ0v) is 12.8. The van der Waals surface area contributed by atoms with Gasteiger partial charge in [-0.2, -0.15) is 0 Å². The molecule has 21 heavy (non-hydrogen) atoms. The van der Waals surface area contributed by atoms with Crippen molar-refractivity contribution >= 4 is 5.69 Å². The van der Waals surface area contributed by atoms with Crippen LogP contribution in [0.3, 0.4) is 0 Å². The third-order valence-corrected chi connectivity index (χ3v) is 3.28. The van der Waals surface area contributed by atoms with Crippen molar-refractivity contribution < 1.29 is 4.39 Å². The number of halogens is 1. The van der Waals surface area contributed by atoms with Gasteiger partial charge in [-0.25, -0.2) is 4.39 Å². The van der Waals surface area contributed by atoms with Crippen LogP contribution in [0.15, 0.2) is 42.6 Å². The second-order valence-electron chi connectivity index (χ2n) is 5.44. The highest BCUT2D eigenvalue weighted by atomic mass is 19.1. The van der Waals surface area contributed by atoms with Crippen molar-refractivity contribution in [3.63, 3.8) is 0 Å². The summed E-state index contributed by atoms with van der Waals surface area (Å²) in [6.45, 7) is 2.99. The van der Waals surface area contributed by atoms with Gasteiger partial charge in [0.25, 0.3) is 0 Å². The highest BCUT2D eigenvalue weighted by Gasteiger charge is 2.11. The number of benzene rings is 1. The molecule has 2 rings (SSSR count). The van der Waals surface area contributed by atoms with Crippen molar-refractivity contribution in [2.45, 2.75) is 25.9 Å². The van der Waals surface area contributed by atoms with E-state index in [1.165, 1.54) is 17.8 Å². The van der Waals surface area contributed by atoms with Crippen molar-refractivity contribution in [1.29, 1.82) is 0 Å². The van der Waals surface area contributed by atoms with E-state index < -0.39 is 0 Å². The Labute approximate surface area is 125 Å². The van der Waals surface area contributed by atoms with Gasteiger partial charge in [0.1, 0.15) is 5.82 Å². The number of nitrogens with zero attached hydrogens (tertiary/aromatic N) is 2. The maximum atomic E-state index is 13.0. The lowest BCUT2D eigenvalue weighted by Crippen LogP contribution is -2.13. The first-order valence-corrected chi connectivity index (χ1v) is 7.20. The van der Waals surface area contributed by atoms with Gasteiger partial charge in [0.2, 0.25) is 0 Å². The summed E-state index contributed by atoms with van der Waals surface area (Å²) in [5.74, 6) is -0.304. The highest BCUT2D eigenvalue weighted by molar-refractivity contribution is 5.47. The Kier molecular flexibility index (Phi) is 5.28. The first-order chi connectivity index (χ1) is 10.1. The predicted octanol–water partition coefficient (Wildman–Crippen LogP) is 3.85. The Morgan fingerprint density at radius 3 is 2.67 bits per heavy atom. The maximum absolute atomic E-state index is 13.0. The molecule has 0 aliphatic carbocycles. The molecule has 0 aliphatic heterocycles. The van der Waals surface area contributed by atoms with Crippen molar-refractivity contribution in [3.05, 3.63) is 59.7 Å². The standard InChI is InChI=1S/C17H22FN3/c1-4-16(17-9-8-14(18)11-19-17)20-15-7-5-6-13(10-15)12-21(2)3/h5-11,16,20H,4,12H2,1-3H3. The van der Waals surface area contributed by atoms with Crippen LogP contribution in [0.4, 0.5) is 10.1 Å². The summed E-state index contributed by atoms with van der Waals surface area (Å²) in [5.41, 5.74) is 3.18. The summed E-state index contributed by atoms with van der Waals surface area (Å²) < 4.78 is 13.0. The van der Waals surface area contributed by atoms with Gasteiger partial charge in [-0.05, 0) is 50.3 Å². The smallest absolute Gasteiger partial charge is 0.141 e. The lowest BCUT2D eigenvalue weighted by atomic mass is 10.1. The molecule has 1 unspecified atom stereocenters. The molecular weight excluding hydrogens is 265 g/mol. The molecule has 0 amide bonds. The molecule has 1 aromatic heterocycles. The van der Waals surface area contributed by atoms with Crippen LogP contribution >= 0.6 is 0 Å². The van der Waals surface area contributed by atoms with Crippen molar-refractivity contribution in [3.8, 4) is 0 Å². The van der Waals surface area contributed by atoms with Crippen LogP contribution in [0.5, 0.6) is 0 Å². The SMILES string of the molecule is CCC(Nc1cccc(CN(C)C)c1)c1ccc(F)cn1. The molecule has 0 radical (unpaired) electrons. The molecule has 2 aromatic rings. The maximum Gasteiger partial charge on any atom is 0.141 e. The van der Waals surface area contributed by atoms with Crippen molar-refractivity contribution in [1.82, 2.24) is 9.88 Å². The van der Waals surface area contributed by atoms with E-state index in [1.807, 2.05) is 12.1 Å². The lowest BCUT2D eigenvalue weighted by molar-refractivity contribution is 0.402. The van der Waals surface area contributed by atoms with Gasteiger partial charge in [-0.1, -0.05) is 19.1 Å². The van der Waals surface area contributed by atoms with Crippen LogP contribution in [0.1, 0.15) is 30.6 Å². The molecule has 4 heteroatoms. The van der Waals surface area contributed by atoms with Gasteiger partial charge < -0.3 is 10.2 Å². The molecule has 3 nitrogen and oxygen atoms in total. The minimum Gasteiger partial charge on any atom is -0.377 e. The van der Waals surface area contributed by atoms with Gasteiger partial charge in [-0.3, -0.25) is 4.98 Å². The van der Waals surface area contributed by atoms with Gasteiger partial charge in [0, 0.05) is 12.2 Å². The predicted molar refractivity (Wildman–Crippen MR) is 84.7 cm³/mol. The summed E-state index contributed by atoms with van der Waals surface area (Å²) >= 11 is 0. The molecule has 0 saturated heterocycles. The van der Waals surface area contributed by atoms with E-state index in [2.05, 4.69) is 48.4 Å². The van der Waals surface area contributed by atoms with Crippen LogP contribution in [0, 0.1) is 5.82 Å². The molecule has 0 saturated carbocycles. The molecule has 1 N–H and O–H groups in total. The van der Waals surface area contributed by atoms with Crippen molar-refractivity contribution in [2.75, 3.05) is 19.4 Å². The number of aromatic nitrogens is 1. The van der Waals surface area contributed by atoms with Crippen LogP contribution in [0.25, 0.3) is 0 Å². The molecule has 0 bridgehead atoms. The van der Waals surface area contributed by atoms with Crippen LogP contribution in [-0.4, -0.2) is 24.0 Å². The number of hydrogen-bond donors (Lipinski definition) is 1. The Balaban J connectivity index is 2.13. The first-order valence-electron chi connectivity index (χ1n) is 7.20. The zero-order valence-electron chi connectivity index (χ0n) is 12.8. The minimum atomic E-state index is -0.304. The second kappa shape index (κ2) is 7.18. The Morgan fingerprint density at radius 2 is 2.05 bits per heavy atom. The molecule has 1 heterocycles. The van der Waals surface area contributed by atoms with Gasteiger partial charge in [0.05, 0.1) is 17.9 Å². The third kappa shape index (κ3) is 4.53. The summed E-state index contributed by atoms with van der Waals surface area (Å²) in [5, 5.41) is 3.47. The van der Waals surface area contributed by atoms with E-state index >= 15 is 0 Å². The van der Waals surface area contributed by atoms with E-state index in [4.69, 9.17) is 0 Å². The second-order valence-corrected chi connectivity index (χ2v) is 5.44. The van der Waals surface area contributed by atoms with E-state index in [-0.39, 0.29) is 11.9 Å². The average Bonchev–Trinajstić information content (AvgIpc) is 2.45. The fraction of sp³-hybridized carbons (Fsp3) is 0.353. The van der Waals surface area contributed by atoms with Crippen LogP contribution in [0.2, 0.25) is 0 Å². The number of nitrogens with one attached hydrogen (secondary N) is 1. The number of anilines is 1. The Bertz CT molecular complexity index is 567. The Hall–Kier alpha value is -1.94. The quantitative estimate of drug-likeness (QED) is 0.875. The topological polar surface area (TPSA) is 28.2 Å². The van der Waals surface area contributed by atoms with E-state index in [9.17, 15) is 4.39 Å². The molecule has 1 atom stereocenters. The molecule has 0 spiro atoms. The fourth-order valence-electron chi connectivity index (χ4n) is 2.30. The Morgan fingerprint density at radius 1 is 1.24 bits per heavy atom. The summed E-state index contributed by atoms with van der Waals surface area (Å²) in [6.07, 6.45) is 2.15. The summed E-state index contributed by atoms with van der Waals surface area (Å²) in [4.78, 5) is 6.31. The fourth-order valence-corrected chi connectivity index (χ4v) is 2.30. The number of rotatable bonds is 6. The number of pyridine rings is 1. The molecule has 1 aromatic carbocycles.